The zero-order valence-electron chi connectivity index (χ0n) is 13.3. The van der Waals surface area contributed by atoms with E-state index < -0.39 is 28.1 Å². The summed E-state index contributed by atoms with van der Waals surface area (Å²) in [7, 11) is 1.39. The highest BCUT2D eigenvalue weighted by Gasteiger charge is 2.31. The van der Waals surface area contributed by atoms with E-state index in [4.69, 9.17) is 5.11 Å². The number of aromatic nitrogens is 1. The van der Waals surface area contributed by atoms with Gasteiger partial charge in [0.25, 0.3) is 0 Å². The fourth-order valence-corrected chi connectivity index (χ4v) is 3.09. The minimum absolute atomic E-state index is 0.0349. The Bertz CT molecular complexity index is 934. The molecule has 2 heterocycles. The Morgan fingerprint density at radius 2 is 1.92 bits per heavy atom. The van der Waals surface area contributed by atoms with Crippen LogP contribution < -0.4 is 10.5 Å². The van der Waals surface area contributed by atoms with Crippen molar-refractivity contribution in [3.63, 3.8) is 0 Å². The number of benzene rings is 1. The summed E-state index contributed by atoms with van der Waals surface area (Å²) in [6.45, 7) is 0.620. The zero-order chi connectivity index (χ0) is 18.3. The second kappa shape index (κ2) is 6.04. The highest BCUT2D eigenvalue weighted by molar-refractivity contribution is 5.96. The molecule has 10 heteroatoms. The zero-order valence-corrected chi connectivity index (χ0v) is 13.3. The largest absolute Gasteiger partial charge is 0.465 e. The number of anilines is 1. The molecule has 1 aliphatic rings. The highest BCUT2D eigenvalue weighted by atomic mass is 19.1. The van der Waals surface area contributed by atoms with Gasteiger partial charge in [-0.1, -0.05) is 0 Å². The van der Waals surface area contributed by atoms with Gasteiger partial charge in [0, 0.05) is 38.6 Å². The summed E-state index contributed by atoms with van der Waals surface area (Å²) in [5.41, 5.74) is -1.02. The van der Waals surface area contributed by atoms with Crippen LogP contribution in [-0.4, -0.2) is 51.8 Å². The molecule has 1 aromatic heterocycles. The predicted molar refractivity (Wildman–Crippen MR) is 87.6 cm³/mol. The van der Waals surface area contributed by atoms with Crippen LogP contribution in [0.4, 0.5) is 20.6 Å². The maximum Gasteiger partial charge on any atom is 0.407 e. The van der Waals surface area contributed by atoms with Crippen molar-refractivity contribution in [2.24, 2.45) is 7.05 Å². The number of nitro groups is 1. The Labute approximate surface area is 140 Å². The van der Waals surface area contributed by atoms with Crippen LogP contribution in [0.25, 0.3) is 10.9 Å². The number of halogens is 1. The molecule has 0 saturated carbocycles. The maximum absolute atomic E-state index is 13.8. The van der Waals surface area contributed by atoms with Crippen LogP contribution >= 0.6 is 0 Å². The third kappa shape index (κ3) is 2.75. The van der Waals surface area contributed by atoms with Crippen molar-refractivity contribution in [1.82, 2.24) is 9.47 Å². The molecule has 1 amide bonds. The molecule has 9 nitrogen and oxygen atoms in total. The van der Waals surface area contributed by atoms with Crippen molar-refractivity contribution >= 4 is 28.4 Å². The first-order valence-electron chi connectivity index (χ1n) is 7.50. The van der Waals surface area contributed by atoms with Crippen LogP contribution in [0.5, 0.6) is 0 Å². The molecule has 1 saturated heterocycles. The molecular formula is C15H15FN4O5. The molecule has 1 aromatic carbocycles. The first-order valence-corrected chi connectivity index (χ1v) is 7.50. The van der Waals surface area contributed by atoms with Crippen molar-refractivity contribution in [1.29, 1.82) is 0 Å². The standard InChI is InChI=1S/C15H15FN4O5/c1-17-11-3-2-9(16)8-10(11)12(13(14(17)21)20(24)25)18-4-6-19(7-5-18)15(22)23/h2-3,8H,4-7H2,1H3,(H,22,23). The molecule has 0 aliphatic carbocycles. The number of piperazine rings is 1. The van der Waals surface area contributed by atoms with Gasteiger partial charge in [0.15, 0.2) is 0 Å². The van der Waals surface area contributed by atoms with E-state index in [-0.39, 0.29) is 37.3 Å². The van der Waals surface area contributed by atoms with Crippen LogP contribution in [0.1, 0.15) is 0 Å². The lowest BCUT2D eigenvalue weighted by Gasteiger charge is -2.34. The van der Waals surface area contributed by atoms with Crippen LogP contribution in [0.3, 0.4) is 0 Å². The quantitative estimate of drug-likeness (QED) is 0.647. The van der Waals surface area contributed by atoms with Gasteiger partial charge in [-0.15, -0.1) is 0 Å². The number of hydrogen-bond acceptors (Lipinski definition) is 5. The molecule has 3 rings (SSSR count). The summed E-state index contributed by atoms with van der Waals surface area (Å²) in [5, 5.41) is 20.8. The highest BCUT2D eigenvalue weighted by Crippen LogP contribution is 2.34. The SMILES string of the molecule is Cn1c(=O)c([N+](=O)[O-])c(N2CCN(C(=O)O)CC2)c2cc(F)ccc21. The summed E-state index contributed by atoms with van der Waals surface area (Å²) in [6.07, 6.45) is -1.07. The monoisotopic (exact) mass is 350 g/mol. The van der Waals surface area contributed by atoms with Gasteiger partial charge in [0.1, 0.15) is 11.5 Å². The molecule has 25 heavy (non-hydrogen) atoms. The lowest BCUT2D eigenvalue weighted by atomic mass is 10.1. The smallest absolute Gasteiger partial charge is 0.407 e. The fourth-order valence-electron chi connectivity index (χ4n) is 3.09. The third-order valence-corrected chi connectivity index (χ3v) is 4.36. The minimum atomic E-state index is -1.07. The molecule has 0 bridgehead atoms. The molecule has 1 N–H and O–H groups in total. The van der Waals surface area contributed by atoms with E-state index in [1.807, 2.05) is 0 Å². The summed E-state index contributed by atoms with van der Waals surface area (Å²) < 4.78 is 14.9. The average molecular weight is 350 g/mol. The third-order valence-electron chi connectivity index (χ3n) is 4.36. The Morgan fingerprint density at radius 3 is 2.48 bits per heavy atom. The fraction of sp³-hybridized carbons (Fsp3) is 0.333. The minimum Gasteiger partial charge on any atom is -0.465 e. The van der Waals surface area contributed by atoms with Crippen molar-refractivity contribution in [3.05, 3.63) is 44.5 Å². The van der Waals surface area contributed by atoms with Gasteiger partial charge < -0.3 is 19.5 Å². The van der Waals surface area contributed by atoms with Crippen LogP contribution in [0.2, 0.25) is 0 Å². The van der Waals surface area contributed by atoms with E-state index in [0.717, 1.165) is 10.6 Å². The van der Waals surface area contributed by atoms with Gasteiger partial charge in [-0.25, -0.2) is 9.18 Å². The number of rotatable bonds is 2. The second-order valence-electron chi connectivity index (χ2n) is 5.74. The molecule has 2 aromatic rings. The number of nitrogens with zero attached hydrogens (tertiary/aromatic N) is 4. The Balaban J connectivity index is 2.22. The molecule has 132 valence electrons. The van der Waals surface area contributed by atoms with E-state index in [1.54, 1.807) is 4.90 Å². The van der Waals surface area contributed by atoms with Gasteiger partial charge in [-0.2, -0.15) is 0 Å². The van der Waals surface area contributed by atoms with Gasteiger partial charge in [-0.3, -0.25) is 14.9 Å². The first kappa shape index (κ1) is 16.7. The Kier molecular flexibility index (Phi) is 4.03. The van der Waals surface area contributed by atoms with Crippen LogP contribution in [-0.2, 0) is 7.05 Å². The van der Waals surface area contributed by atoms with Crippen molar-refractivity contribution in [2.75, 3.05) is 31.1 Å². The van der Waals surface area contributed by atoms with E-state index in [1.165, 1.54) is 24.1 Å². The number of aryl methyl sites for hydroxylation is 1. The lowest BCUT2D eigenvalue weighted by Crippen LogP contribution is -2.48. The Hall–Kier alpha value is -3.17. The van der Waals surface area contributed by atoms with Crippen LogP contribution in [0.15, 0.2) is 23.0 Å². The molecule has 0 atom stereocenters. The maximum atomic E-state index is 13.8. The molecule has 1 fully saturated rings. The number of hydrogen-bond donors (Lipinski definition) is 1. The summed E-state index contributed by atoms with van der Waals surface area (Å²) in [4.78, 5) is 37.0. The second-order valence-corrected chi connectivity index (χ2v) is 5.74. The number of carboxylic acid groups (broad SMARTS) is 1. The topological polar surface area (TPSA) is 109 Å². The number of carbonyl (C=O) groups is 1. The van der Waals surface area contributed by atoms with E-state index in [9.17, 15) is 24.1 Å². The van der Waals surface area contributed by atoms with Crippen molar-refractivity contribution < 1.29 is 19.2 Å². The average Bonchev–Trinajstić information content (AvgIpc) is 2.57. The summed E-state index contributed by atoms with van der Waals surface area (Å²) in [6, 6.07) is 3.73. The van der Waals surface area contributed by atoms with Gasteiger partial charge in [-0.05, 0) is 18.2 Å². The molecular weight excluding hydrogens is 335 g/mol. The molecule has 0 radical (unpaired) electrons. The van der Waals surface area contributed by atoms with Crippen LogP contribution in [0, 0.1) is 15.9 Å². The summed E-state index contributed by atoms with van der Waals surface area (Å²) in [5.74, 6) is -0.578. The number of amides is 1. The summed E-state index contributed by atoms with van der Waals surface area (Å²) >= 11 is 0. The van der Waals surface area contributed by atoms with Gasteiger partial charge in [0.05, 0.1) is 10.4 Å². The van der Waals surface area contributed by atoms with Crippen molar-refractivity contribution in [2.45, 2.75) is 0 Å². The van der Waals surface area contributed by atoms with Gasteiger partial charge >= 0.3 is 17.3 Å². The molecule has 0 unspecified atom stereocenters. The normalized spacial score (nSPS) is 14.8. The van der Waals surface area contributed by atoms with E-state index >= 15 is 0 Å². The van der Waals surface area contributed by atoms with E-state index in [0.29, 0.717) is 5.52 Å². The molecule has 1 aliphatic heterocycles. The lowest BCUT2D eigenvalue weighted by molar-refractivity contribution is -0.385. The van der Waals surface area contributed by atoms with Crippen molar-refractivity contribution in [3.8, 4) is 0 Å². The predicted octanol–water partition coefficient (Wildman–Crippen LogP) is 1.39. The van der Waals surface area contributed by atoms with Gasteiger partial charge in [0.2, 0.25) is 0 Å². The van der Waals surface area contributed by atoms with E-state index in [2.05, 4.69) is 0 Å². The first-order chi connectivity index (χ1) is 11.8. The molecule has 0 spiro atoms. The number of pyridine rings is 1. The Morgan fingerprint density at radius 1 is 1.28 bits per heavy atom. The number of fused-ring (bicyclic) bond motifs is 1.